The summed E-state index contributed by atoms with van der Waals surface area (Å²) in [5.41, 5.74) is 0.603. The van der Waals surface area contributed by atoms with E-state index in [1.54, 1.807) is 12.4 Å². The van der Waals surface area contributed by atoms with Crippen LogP contribution in [0.4, 0.5) is 10.5 Å². The zero-order valence-electron chi connectivity index (χ0n) is 12.5. The molecule has 1 heterocycles. The largest absolute Gasteiger partial charge is 0.396 e. The number of amides is 2. The summed E-state index contributed by atoms with van der Waals surface area (Å²) in [6.45, 7) is 2.83. The van der Waals surface area contributed by atoms with E-state index in [-0.39, 0.29) is 12.6 Å². The van der Waals surface area contributed by atoms with Crippen molar-refractivity contribution in [3.8, 4) is 0 Å². The van der Waals surface area contributed by atoms with Gasteiger partial charge in [-0.1, -0.05) is 13.3 Å². The van der Waals surface area contributed by atoms with Crippen LogP contribution in [0.3, 0.4) is 0 Å². The summed E-state index contributed by atoms with van der Waals surface area (Å²) >= 11 is 0. The highest BCUT2D eigenvalue weighted by Crippen LogP contribution is 2.37. The van der Waals surface area contributed by atoms with Crippen LogP contribution < -0.4 is 10.6 Å². The quantitative estimate of drug-likeness (QED) is 0.686. The Balaban J connectivity index is 1.75. The van der Waals surface area contributed by atoms with Crippen LogP contribution in [0.5, 0.6) is 0 Å². The molecule has 0 bridgehead atoms. The van der Waals surface area contributed by atoms with Gasteiger partial charge < -0.3 is 15.7 Å². The van der Waals surface area contributed by atoms with Crippen molar-refractivity contribution in [1.29, 1.82) is 0 Å². The number of carbonyl (C=O) groups is 1. The normalized spacial score (nSPS) is 15.5. The summed E-state index contributed by atoms with van der Waals surface area (Å²) in [7, 11) is 0. The SMILES string of the molecule is CCCC(CCO)CNC(=O)Nc1cnc(C2CC2)nc1. The van der Waals surface area contributed by atoms with Gasteiger partial charge in [0.15, 0.2) is 0 Å². The number of aromatic nitrogens is 2. The topological polar surface area (TPSA) is 87.1 Å². The lowest BCUT2D eigenvalue weighted by Crippen LogP contribution is -2.33. The molecule has 0 spiro atoms. The van der Waals surface area contributed by atoms with Gasteiger partial charge in [0.25, 0.3) is 0 Å². The fourth-order valence-corrected chi connectivity index (χ4v) is 2.31. The zero-order valence-corrected chi connectivity index (χ0v) is 12.5. The molecule has 2 amide bonds. The molecule has 1 unspecified atom stereocenters. The number of anilines is 1. The first-order chi connectivity index (χ1) is 10.2. The number of rotatable bonds is 8. The average molecular weight is 292 g/mol. The Labute approximate surface area is 125 Å². The van der Waals surface area contributed by atoms with E-state index in [0.29, 0.717) is 30.5 Å². The van der Waals surface area contributed by atoms with Crippen LogP contribution in [0.25, 0.3) is 0 Å². The average Bonchev–Trinajstić information content (AvgIpc) is 3.31. The van der Waals surface area contributed by atoms with Gasteiger partial charge in [0, 0.05) is 19.1 Å². The molecule has 0 saturated heterocycles. The molecule has 1 atom stereocenters. The fraction of sp³-hybridized carbons (Fsp3) is 0.667. The third-order valence-corrected chi connectivity index (χ3v) is 3.66. The monoisotopic (exact) mass is 292 g/mol. The van der Waals surface area contributed by atoms with Crippen LogP contribution in [0.15, 0.2) is 12.4 Å². The van der Waals surface area contributed by atoms with Gasteiger partial charge in [-0.3, -0.25) is 0 Å². The first-order valence-electron chi connectivity index (χ1n) is 7.70. The van der Waals surface area contributed by atoms with Gasteiger partial charge >= 0.3 is 6.03 Å². The molecule has 1 aliphatic rings. The number of hydrogen-bond acceptors (Lipinski definition) is 4. The summed E-state index contributed by atoms with van der Waals surface area (Å²) in [6.07, 6.45) is 8.39. The minimum atomic E-state index is -0.253. The zero-order chi connectivity index (χ0) is 15.1. The maximum Gasteiger partial charge on any atom is 0.319 e. The molecule has 1 aliphatic carbocycles. The number of urea groups is 1. The molecule has 6 nitrogen and oxygen atoms in total. The molecular formula is C15H24N4O2. The Kier molecular flexibility index (Phi) is 5.92. The number of nitrogens with zero attached hydrogens (tertiary/aromatic N) is 2. The van der Waals surface area contributed by atoms with E-state index in [1.165, 1.54) is 0 Å². The summed E-state index contributed by atoms with van der Waals surface area (Å²) in [5, 5.41) is 14.6. The molecule has 0 aromatic carbocycles. The summed E-state index contributed by atoms with van der Waals surface area (Å²) in [4.78, 5) is 20.3. The van der Waals surface area contributed by atoms with E-state index in [9.17, 15) is 4.79 Å². The van der Waals surface area contributed by atoms with Crippen LogP contribution in [0.2, 0.25) is 0 Å². The van der Waals surface area contributed by atoms with Gasteiger partial charge in [0.2, 0.25) is 0 Å². The lowest BCUT2D eigenvalue weighted by atomic mass is 10.0. The number of hydrogen-bond donors (Lipinski definition) is 3. The van der Waals surface area contributed by atoms with E-state index < -0.39 is 0 Å². The van der Waals surface area contributed by atoms with Crippen molar-refractivity contribution in [2.45, 2.75) is 44.9 Å². The third kappa shape index (κ3) is 5.30. The van der Waals surface area contributed by atoms with Gasteiger partial charge in [0.1, 0.15) is 5.82 Å². The van der Waals surface area contributed by atoms with E-state index >= 15 is 0 Å². The van der Waals surface area contributed by atoms with Gasteiger partial charge in [-0.15, -0.1) is 0 Å². The van der Waals surface area contributed by atoms with Crippen LogP contribution >= 0.6 is 0 Å². The van der Waals surface area contributed by atoms with Crippen LogP contribution in [-0.4, -0.2) is 34.3 Å². The van der Waals surface area contributed by atoms with E-state index in [2.05, 4.69) is 27.5 Å². The Morgan fingerprint density at radius 2 is 2.10 bits per heavy atom. The predicted octanol–water partition coefficient (Wildman–Crippen LogP) is 2.27. The molecule has 3 N–H and O–H groups in total. The number of nitrogens with one attached hydrogen (secondary N) is 2. The van der Waals surface area contributed by atoms with Crippen LogP contribution in [0.1, 0.15) is 50.8 Å². The maximum absolute atomic E-state index is 11.8. The molecule has 1 aromatic rings. The second kappa shape index (κ2) is 7.93. The molecule has 0 radical (unpaired) electrons. The Morgan fingerprint density at radius 1 is 1.38 bits per heavy atom. The predicted molar refractivity (Wildman–Crippen MR) is 81.1 cm³/mol. The number of aliphatic hydroxyl groups is 1. The van der Waals surface area contributed by atoms with E-state index in [0.717, 1.165) is 31.5 Å². The Hall–Kier alpha value is -1.69. The molecule has 1 saturated carbocycles. The molecule has 116 valence electrons. The van der Waals surface area contributed by atoms with Crippen molar-refractivity contribution in [3.63, 3.8) is 0 Å². The molecule has 0 aliphatic heterocycles. The smallest absolute Gasteiger partial charge is 0.319 e. The Morgan fingerprint density at radius 3 is 2.67 bits per heavy atom. The highest BCUT2D eigenvalue weighted by atomic mass is 16.3. The third-order valence-electron chi connectivity index (χ3n) is 3.66. The fourth-order valence-electron chi connectivity index (χ4n) is 2.31. The molecular weight excluding hydrogens is 268 g/mol. The molecule has 6 heteroatoms. The van der Waals surface area contributed by atoms with Crippen LogP contribution in [-0.2, 0) is 0 Å². The highest BCUT2D eigenvalue weighted by molar-refractivity contribution is 5.88. The second-order valence-electron chi connectivity index (χ2n) is 5.61. The standard InChI is InChI=1S/C15H24N4O2/c1-2-3-11(6-7-20)8-18-15(21)19-13-9-16-14(17-10-13)12-4-5-12/h9-12,20H,2-8H2,1H3,(H2,18,19,21). The molecule has 1 aromatic heterocycles. The van der Waals surface area contributed by atoms with Crippen molar-refractivity contribution in [2.24, 2.45) is 5.92 Å². The van der Waals surface area contributed by atoms with Crippen LogP contribution in [0, 0.1) is 5.92 Å². The van der Waals surface area contributed by atoms with Crippen molar-refractivity contribution in [3.05, 3.63) is 18.2 Å². The second-order valence-corrected chi connectivity index (χ2v) is 5.61. The van der Waals surface area contributed by atoms with E-state index in [1.807, 2.05) is 0 Å². The number of aliphatic hydroxyl groups excluding tert-OH is 1. The Bertz CT molecular complexity index is 439. The minimum Gasteiger partial charge on any atom is -0.396 e. The maximum atomic E-state index is 11.8. The molecule has 21 heavy (non-hydrogen) atoms. The summed E-state index contributed by atoms with van der Waals surface area (Å²) in [6, 6.07) is -0.253. The lowest BCUT2D eigenvalue weighted by molar-refractivity contribution is 0.236. The molecule has 2 rings (SSSR count). The van der Waals surface area contributed by atoms with Crippen molar-refractivity contribution < 1.29 is 9.90 Å². The van der Waals surface area contributed by atoms with Crippen molar-refractivity contribution in [1.82, 2.24) is 15.3 Å². The first kappa shape index (κ1) is 15.7. The van der Waals surface area contributed by atoms with Gasteiger partial charge in [-0.2, -0.15) is 0 Å². The van der Waals surface area contributed by atoms with E-state index in [4.69, 9.17) is 5.11 Å². The van der Waals surface area contributed by atoms with Gasteiger partial charge in [-0.25, -0.2) is 14.8 Å². The minimum absolute atomic E-state index is 0.157. The van der Waals surface area contributed by atoms with Crippen molar-refractivity contribution in [2.75, 3.05) is 18.5 Å². The number of carbonyl (C=O) groups excluding carboxylic acids is 1. The highest BCUT2D eigenvalue weighted by Gasteiger charge is 2.26. The molecule has 1 fully saturated rings. The van der Waals surface area contributed by atoms with Crippen molar-refractivity contribution >= 4 is 11.7 Å². The lowest BCUT2D eigenvalue weighted by Gasteiger charge is -2.15. The summed E-state index contributed by atoms with van der Waals surface area (Å²) in [5.74, 6) is 1.70. The first-order valence-corrected chi connectivity index (χ1v) is 7.70. The van der Waals surface area contributed by atoms with Gasteiger partial charge in [0.05, 0.1) is 18.1 Å². The van der Waals surface area contributed by atoms with Gasteiger partial charge in [-0.05, 0) is 31.6 Å². The summed E-state index contributed by atoms with van der Waals surface area (Å²) < 4.78 is 0.